The molecular weight excluding hydrogens is 290 g/mol. The lowest BCUT2D eigenvalue weighted by atomic mass is 9.65. The zero-order valence-electron chi connectivity index (χ0n) is 14.7. The van der Waals surface area contributed by atoms with E-state index in [2.05, 4.69) is 17.2 Å². The second kappa shape index (κ2) is 7.61. The van der Waals surface area contributed by atoms with Gasteiger partial charge in [-0.15, -0.1) is 0 Å². The van der Waals surface area contributed by atoms with Crippen LogP contribution in [0.15, 0.2) is 23.3 Å². The van der Waals surface area contributed by atoms with Gasteiger partial charge in [0.2, 0.25) is 5.91 Å². The highest BCUT2D eigenvalue weighted by molar-refractivity contribution is 5.93. The monoisotopic (exact) mass is 317 g/mol. The van der Waals surface area contributed by atoms with Crippen LogP contribution in [0.25, 0.3) is 0 Å². The Morgan fingerprint density at radius 3 is 2.61 bits per heavy atom. The number of amides is 1. The molecule has 0 radical (unpaired) electrons. The molecule has 0 aromatic carbocycles. The predicted molar refractivity (Wildman–Crippen MR) is 91.6 cm³/mol. The van der Waals surface area contributed by atoms with Crippen molar-refractivity contribution in [2.24, 2.45) is 5.41 Å². The van der Waals surface area contributed by atoms with Crippen LogP contribution < -0.4 is 5.32 Å². The van der Waals surface area contributed by atoms with E-state index in [1.54, 1.807) is 6.92 Å². The van der Waals surface area contributed by atoms with E-state index in [0.717, 1.165) is 6.42 Å². The van der Waals surface area contributed by atoms with Crippen molar-refractivity contribution in [1.29, 1.82) is 0 Å². The fraction of sp³-hybridized carbons (Fsp3) is 0.579. The number of rotatable bonds is 4. The van der Waals surface area contributed by atoms with E-state index >= 15 is 0 Å². The largest absolute Gasteiger partial charge is 0.373 e. The molecule has 0 saturated heterocycles. The first-order valence-corrected chi connectivity index (χ1v) is 8.11. The number of carbonyl (C=O) groups is 2. The normalized spacial score (nSPS) is 23.7. The molecular formula is C19H27NO3. The maximum atomic E-state index is 11.8. The van der Waals surface area contributed by atoms with Crippen molar-refractivity contribution < 1.29 is 14.7 Å². The highest BCUT2D eigenvalue weighted by Crippen LogP contribution is 2.42. The Bertz CT molecular complexity index is 602. The zero-order chi connectivity index (χ0) is 17.7. The third kappa shape index (κ3) is 4.56. The highest BCUT2D eigenvalue weighted by Gasteiger charge is 2.47. The lowest BCUT2D eigenvalue weighted by Crippen LogP contribution is -2.48. The molecule has 2 N–H and O–H groups in total. The van der Waals surface area contributed by atoms with E-state index < -0.39 is 11.0 Å². The van der Waals surface area contributed by atoms with E-state index in [-0.39, 0.29) is 18.1 Å². The minimum atomic E-state index is -1.37. The van der Waals surface area contributed by atoms with Gasteiger partial charge in [-0.25, -0.2) is 0 Å². The molecule has 1 rings (SSSR count). The molecule has 1 aliphatic carbocycles. The summed E-state index contributed by atoms with van der Waals surface area (Å²) in [5.41, 5.74) is -0.821. The van der Waals surface area contributed by atoms with Gasteiger partial charge in [-0.05, 0) is 31.4 Å². The van der Waals surface area contributed by atoms with Crippen LogP contribution in [0.4, 0.5) is 0 Å². The van der Waals surface area contributed by atoms with Crippen LogP contribution >= 0.6 is 0 Å². The summed E-state index contributed by atoms with van der Waals surface area (Å²) in [4.78, 5) is 23.5. The van der Waals surface area contributed by atoms with Crippen molar-refractivity contribution in [2.45, 2.75) is 59.5 Å². The first kappa shape index (κ1) is 19.2. The third-order valence-corrected chi connectivity index (χ3v) is 4.18. The molecule has 0 fully saturated rings. The standard InChI is InChI=1S/C19H27NO3/c1-6-10-20-17(22)12-15(7-2)8-9-19(23)14(3)11-16(21)13-18(19,4)5/h11-12,23H,6-7,10,13H2,1-5H3,(H,20,22). The summed E-state index contributed by atoms with van der Waals surface area (Å²) in [6, 6.07) is 0. The van der Waals surface area contributed by atoms with Crippen LogP contribution in [0.2, 0.25) is 0 Å². The first-order chi connectivity index (χ1) is 10.7. The van der Waals surface area contributed by atoms with Gasteiger partial charge < -0.3 is 10.4 Å². The van der Waals surface area contributed by atoms with Gasteiger partial charge in [-0.1, -0.05) is 39.5 Å². The van der Waals surface area contributed by atoms with Crippen LogP contribution in [0.5, 0.6) is 0 Å². The zero-order valence-corrected chi connectivity index (χ0v) is 14.7. The van der Waals surface area contributed by atoms with Crippen LogP contribution in [0, 0.1) is 17.3 Å². The average Bonchev–Trinajstić information content (AvgIpc) is 2.46. The summed E-state index contributed by atoms with van der Waals surface area (Å²) in [6.45, 7) is 9.91. The van der Waals surface area contributed by atoms with Crippen molar-refractivity contribution in [3.63, 3.8) is 0 Å². The molecule has 0 aromatic heterocycles. The van der Waals surface area contributed by atoms with E-state index in [4.69, 9.17) is 0 Å². The van der Waals surface area contributed by atoms with Crippen molar-refractivity contribution in [2.75, 3.05) is 6.54 Å². The molecule has 1 aliphatic rings. The Labute approximate surface area is 139 Å². The number of hydrogen-bond donors (Lipinski definition) is 2. The van der Waals surface area contributed by atoms with Crippen LogP contribution in [0.1, 0.15) is 53.9 Å². The molecule has 0 heterocycles. The van der Waals surface area contributed by atoms with Gasteiger partial charge in [0.05, 0.1) is 0 Å². The van der Waals surface area contributed by atoms with Gasteiger partial charge in [-0.2, -0.15) is 0 Å². The summed E-state index contributed by atoms with van der Waals surface area (Å²) in [7, 11) is 0. The molecule has 0 spiro atoms. The predicted octanol–water partition coefficient (Wildman–Crippen LogP) is 2.53. The molecule has 0 saturated carbocycles. The number of allylic oxidation sites excluding steroid dienone is 2. The minimum absolute atomic E-state index is 0.00387. The van der Waals surface area contributed by atoms with Gasteiger partial charge in [0.25, 0.3) is 0 Å². The van der Waals surface area contributed by atoms with Crippen molar-refractivity contribution in [1.82, 2.24) is 5.32 Å². The smallest absolute Gasteiger partial charge is 0.244 e. The summed E-state index contributed by atoms with van der Waals surface area (Å²) in [5.74, 6) is 5.68. The molecule has 126 valence electrons. The van der Waals surface area contributed by atoms with Gasteiger partial charge in [0, 0.05) is 30.0 Å². The molecule has 1 amide bonds. The molecule has 23 heavy (non-hydrogen) atoms. The fourth-order valence-electron chi connectivity index (χ4n) is 2.62. The number of carbonyl (C=O) groups excluding carboxylic acids is 2. The Morgan fingerprint density at radius 2 is 2.09 bits per heavy atom. The summed E-state index contributed by atoms with van der Waals surface area (Å²) in [5, 5.41) is 13.8. The summed E-state index contributed by atoms with van der Waals surface area (Å²) >= 11 is 0. The SMILES string of the molecule is CCCNC(=O)C=C(C#CC1(O)C(C)=CC(=O)CC1(C)C)CC. The number of ketones is 1. The Kier molecular flexibility index (Phi) is 6.35. The summed E-state index contributed by atoms with van der Waals surface area (Å²) < 4.78 is 0. The average molecular weight is 317 g/mol. The molecule has 0 aliphatic heterocycles. The first-order valence-electron chi connectivity index (χ1n) is 8.11. The topological polar surface area (TPSA) is 66.4 Å². The van der Waals surface area contributed by atoms with Crippen LogP contribution in [0.3, 0.4) is 0 Å². The maximum Gasteiger partial charge on any atom is 0.244 e. The number of hydrogen-bond acceptors (Lipinski definition) is 3. The molecule has 1 unspecified atom stereocenters. The number of aliphatic hydroxyl groups is 1. The lowest BCUT2D eigenvalue weighted by molar-refractivity contribution is -0.121. The van der Waals surface area contributed by atoms with E-state index in [9.17, 15) is 14.7 Å². The van der Waals surface area contributed by atoms with E-state index in [1.807, 2.05) is 27.7 Å². The molecule has 0 aromatic rings. The third-order valence-electron chi connectivity index (χ3n) is 4.18. The fourth-order valence-corrected chi connectivity index (χ4v) is 2.62. The lowest BCUT2D eigenvalue weighted by Gasteiger charge is -2.42. The second-order valence-electron chi connectivity index (χ2n) is 6.63. The number of nitrogens with one attached hydrogen (secondary N) is 1. The van der Waals surface area contributed by atoms with E-state index in [1.165, 1.54) is 12.2 Å². The highest BCUT2D eigenvalue weighted by atomic mass is 16.3. The molecule has 4 heteroatoms. The second-order valence-corrected chi connectivity index (χ2v) is 6.63. The minimum Gasteiger partial charge on any atom is -0.373 e. The van der Waals surface area contributed by atoms with E-state index in [0.29, 0.717) is 24.1 Å². The van der Waals surface area contributed by atoms with Gasteiger partial charge in [0.15, 0.2) is 11.4 Å². The molecule has 1 atom stereocenters. The Morgan fingerprint density at radius 1 is 1.43 bits per heavy atom. The van der Waals surface area contributed by atoms with Gasteiger partial charge >= 0.3 is 0 Å². The summed E-state index contributed by atoms with van der Waals surface area (Å²) in [6.07, 6.45) is 4.66. The molecule has 0 bridgehead atoms. The Balaban J connectivity index is 3.11. The van der Waals surface area contributed by atoms with Crippen molar-refractivity contribution in [3.05, 3.63) is 23.3 Å². The van der Waals surface area contributed by atoms with Crippen molar-refractivity contribution >= 4 is 11.7 Å². The molecule has 4 nitrogen and oxygen atoms in total. The van der Waals surface area contributed by atoms with Gasteiger partial charge in [-0.3, -0.25) is 9.59 Å². The van der Waals surface area contributed by atoms with Crippen molar-refractivity contribution in [3.8, 4) is 11.8 Å². The quantitative estimate of drug-likeness (QED) is 0.618. The van der Waals surface area contributed by atoms with Crippen LogP contribution in [-0.2, 0) is 9.59 Å². The van der Waals surface area contributed by atoms with Gasteiger partial charge in [0.1, 0.15) is 0 Å². The van der Waals surface area contributed by atoms with Crippen LogP contribution in [-0.4, -0.2) is 28.9 Å². The Hall–Kier alpha value is -1.86. The maximum absolute atomic E-state index is 11.8.